The van der Waals surface area contributed by atoms with E-state index in [-0.39, 0.29) is 62.6 Å². The predicted octanol–water partition coefficient (Wildman–Crippen LogP) is 3.60. The Kier molecular flexibility index (Phi) is 18.6. The second-order valence-electron chi connectivity index (χ2n) is 14.1. The van der Waals surface area contributed by atoms with Gasteiger partial charge in [0.1, 0.15) is 0 Å². The molecule has 1 aliphatic heterocycles. The maximum absolute atomic E-state index is 14.8. The molecule has 1 aromatic rings. The highest BCUT2D eigenvalue weighted by atomic mass is 32.2. The molecule has 0 radical (unpaired) electrons. The number of benzene rings is 1. The van der Waals surface area contributed by atoms with E-state index in [4.69, 9.17) is 10.5 Å². The lowest BCUT2D eigenvalue weighted by atomic mass is 9.81. The number of hydrogen-bond donors (Lipinski definition) is 4. The highest BCUT2D eigenvalue weighted by Gasteiger charge is 2.47. The maximum Gasteiger partial charge on any atom is 0.283 e. The van der Waals surface area contributed by atoms with Crippen LogP contribution in [0.25, 0.3) is 0 Å². The van der Waals surface area contributed by atoms with Crippen molar-refractivity contribution in [3.05, 3.63) is 48.6 Å². The second-order valence-corrected chi connectivity index (χ2v) is 17.0. The summed E-state index contributed by atoms with van der Waals surface area (Å²) in [7, 11) is -4.42. The van der Waals surface area contributed by atoms with Gasteiger partial charge in [0.2, 0.25) is 11.8 Å². The van der Waals surface area contributed by atoms with E-state index in [1.807, 2.05) is 51.1 Å². The van der Waals surface area contributed by atoms with E-state index in [9.17, 15) is 27.9 Å². The number of aliphatic hydroxyl groups excluding tert-OH is 1. The van der Waals surface area contributed by atoms with Crippen LogP contribution in [0.5, 0.6) is 0 Å². The van der Waals surface area contributed by atoms with Gasteiger partial charge in [-0.1, -0.05) is 95.7 Å². The van der Waals surface area contributed by atoms with Crippen molar-refractivity contribution in [2.24, 2.45) is 23.5 Å². The van der Waals surface area contributed by atoms with Gasteiger partial charge in [-0.3, -0.25) is 19.7 Å². The van der Waals surface area contributed by atoms with Crippen LogP contribution < -0.4 is 16.4 Å². The number of hydrogen-bond acceptors (Lipinski definition) is 9. The number of aliphatic hydroxyl groups is 1. The molecule has 1 saturated carbocycles. The predicted molar refractivity (Wildman–Crippen MR) is 203 cm³/mol. The number of nitrogens with zero attached hydrogens (tertiary/aromatic N) is 2. The molecule has 0 spiro atoms. The smallest absolute Gasteiger partial charge is 0.283 e. The Bertz CT molecular complexity index is 1340. The minimum absolute atomic E-state index is 0.00346. The summed E-state index contributed by atoms with van der Waals surface area (Å²) in [6, 6.07) is 7.05. The largest absolute Gasteiger partial charge is 0.391 e. The van der Waals surface area contributed by atoms with E-state index in [2.05, 4.69) is 17.2 Å². The first-order valence-corrected chi connectivity index (χ1v) is 21.0. The Hall–Kier alpha value is -2.33. The highest BCUT2D eigenvalue weighted by molar-refractivity contribution is 8.01. The normalized spacial score (nSPS) is 19.2. The van der Waals surface area contributed by atoms with Crippen molar-refractivity contribution in [1.29, 1.82) is 0 Å². The fourth-order valence-electron chi connectivity index (χ4n) is 6.85. The van der Waals surface area contributed by atoms with Crippen LogP contribution in [0, 0.1) is 17.8 Å². The molecule has 0 bridgehead atoms. The average molecular weight is 752 g/mol. The molecule has 5 atom stereocenters. The summed E-state index contributed by atoms with van der Waals surface area (Å²) in [6.45, 7) is 10.7. The number of amides is 3. The van der Waals surface area contributed by atoms with E-state index in [1.54, 1.807) is 6.08 Å². The van der Waals surface area contributed by atoms with Crippen LogP contribution in [0.1, 0.15) is 84.1 Å². The first-order valence-electron chi connectivity index (χ1n) is 18.6. The minimum Gasteiger partial charge on any atom is -0.391 e. The summed E-state index contributed by atoms with van der Waals surface area (Å²) in [5.41, 5.74) is 7.06. The molecule has 2 fully saturated rings. The number of ether oxygens (including phenoxy) is 1. The quantitative estimate of drug-likeness (QED) is 0.0833. The molecule has 1 heterocycles. The van der Waals surface area contributed by atoms with Crippen LogP contribution in [0.4, 0.5) is 0 Å². The van der Waals surface area contributed by atoms with Crippen molar-refractivity contribution in [3.63, 3.8) is 0 Å². The Morgan fingerprint density at radius 3 is 2.37 bits per heavy atom. The van der Waals surface area contributed by atoms with Crippen LogP contribution in [0.3, 0.4) is 0 Å². The van der Waals surface area contributed by atoms with Gasteiger partial charge in [-0.2, -0.15) is 17.0 Å². The van der Waals surface area contributed by atoms with Gasteiger partial charge in [-0.05, 0) is 43.1 Å². The summed E-state index contributed by atoms with van der Waals surface area (Å²) in [6.07, 6.45) is 7.28. The standard InChI is InChI=1S/C37H61N5O7S2/c1-5-7-18-39-34(44)30(27(3)4)26-33(43)32(25-29-16-12-9-13-17-29)42(51(47,48)41-19-21-49-22-20-41)37(50-23-6-2)36(46)40-35(45)31(38)24-28-14-10-8-11-15-28/h6,8,10-11,14-15,27,29-33,37,43H,2,5,7,9,12-13,16-26,38H2,1,3-4H3,(H,39,44)(H,40,45,46)/t30?,31-,32?,33?,37-/m0/s1. The zero-order valence-electron chi connectivity index (χ0n) is 30.7. The van der Waals surface area contributed by atoms with Crippen LogP contribution >= 0.6 is 11.8 Å². The van der Waals surface area contributed by atoms with E-state index in [0.29, 0.717) is 13.0 Å². The molecule has 3 rings (SSSR count). The fourth-order valence-corrected chi connectivity index (χ4v) is 9.98. The van der Waals surface area contributed by atoms with Gasteiger partial charge in [-0.25, -0.2) is 0 Å². The number of carbonyl (C=O) groups is 3. The van der Waals surface area contributed by atoms with Crippen molar-refractivity contribution in [1.82, 2.24) is 19.2 Å². The van der Waals surface area contributed by atoms with Gasteiger partial charge in [0.05, 0.1) is 31.4 Å². The maximum atomic E-state index is 14.8. The molecule has 5 N–H and O–H groups in total. The summed E-state index contributed by atoms with van der Waals surface area (Å²) in [4.78, 5) is 41.0. The zero-order valence-corrected chi connectivity index (χ0v) is 32.3. The third kappa shape index (κ3) is 13.2. The van der Waals surface area contributed by atoms with E-state index in [0.717, 1.165) is 66.6 Å². The molecule has 12 nitrogen and oxygen atoms in total. The molecule has 0 aromatic heterocycles. The van der Waals surface area contributed by atoms with Crippen molar-refractivity contribution in [2.45, 2.75) is 109 Å². The molecule has 2 aliphatic rings. The number of nitrogens with two attached hydrogens (primary N) is 1. The van der Waals surface area contributed by atoms with Gasteiger partial charge in [0.15, 0.2) is 5.37 Å². The highest BCUT2D eigenvalue weighted by Crippen LogP contribution is 2.36. The number of morpholine rings is 1. The van der Waals surface area contributed by atoms with Gasteiger partial charge in [0, 0.05) is 31.3 Å². The molecule has 1 aromatic carbocycles. The second kappa shape index (κ2) is 22.0. The van der Waals surface area contributed by atoms with E-state index < -0.39 is 51.5 Å². The summed E-state index contributed by atoms with van der Waals surface area (Å²) < 4.78 is 37.6. The Morgan fingerprint density at radius 2 is 1.76 bits per heavy atom. The molecule has 51 heavy (non-hydrogen) atoms. The van der Waals surface area contributed by atoms with Crippen LogP contribution in [-0.2, 0) is 35.8 Å². The van der Waals surface area contributed by atoms with Crippen molar-refractivity contribution in [2.75, 3.05) is 38.6 Å². The van der Waals surface area contributed by atoms with Crippen LogP contribution in [0.2, 0.25) is 0 Å². The molecule has 288 valence electrons. The number of carbonyl (C=O) groups excluding carboxylic acids is 3. The number of imide groups is 1. The number of rotatable bonds is 21. The first kappa shape index (κ1) is 43.1. The average Bonchev–Trinajstić information content (AvgIpc) is 3.12. The molecule has 14 heteroatoms. The lowest BCUT2D eigenvalue weighted by molar-refractivity contribution is -0.133. The topological polar surface area (TPSA) is 171 Å². The Labute approximate surface area is 309 Å². The summed E-state index contributed by atoms with van der Waals surface area (Å²) >= 11 is 1.01. The van der Waals surface area contributed by atoms with Gasteiger partial charge in [0.25, 0.3) is 16.1 Å². The molecular formula is C37H61N5O7S2. The third-order valence-electron chi connectivity index (χ3n) is 9.81. The monoisotopic (exact) mass is 751 g/mol. The van der Waals surface area contributed by atoms with Gasteiger partial charge >= 0.3 is 0 Å². The lowest BCUT2D eigenvalue weighted by Crippen LogP contribution is -2.62. The summed E-state index contributed by atoms with van der Waals surface area (Å²) in [5, 5.41) is 16.2. The summed E-state index contributed by atoms with van der Waals surface area (Å²) in [5.74, 6) is -2.20. The molecule has 3 unspecified atom stereocenters. The van der Waals surface area contributed by atoms with E-state index >= 15 is 0 Å². The Balaban J connectivity index is 2.06. The molecular weight excluding hydrogens is 691 g/mol. The Morgan fingerprint density at radius 1 is 1.10 bits per heavy atom. The van der Waals surface area contributed by atoms with Gasteiger partial charge in [-0.15, -0.1) is 18.3 Å². The number of thioether (sulfide) groups is 1. The van der Waals surface area contributed by atoms with Crippen molar-refractivity contribution in [3.8, 4) is 0 Å². The molecule has 1 saturated heterocycles. The fraction of sp³-hybridized carbons (Fsp3) is 0.703. The van der Waals surface area contributed by atoms with Crippen LogP contribution in [-0.4, -0.2) is 102 Å². The minimum atomic E-state index is -4.42. The van der Waals surface area contributed by atoms with Gasteiger partial charge < -0.3 is 20.9 Å². The lowest BCUT2D eigenvalue weighted by Gasteiger charge is -2.43. The van der Waals surface area contributed by atoms with Crippen molar-refractivity contribution < 1.29 is 32.6 Å². The molecule has 3 amide bonds. The number of nitrogens with one attached hydrogen (secondary N) is 2. The molecule has 1 aliphatic carbocycles. The van der Waals surface area contributed by atoms with Crippen molar-refractivity contribution >= 4 is 39.7 Å². The third-order valence-corrected chi connectivity index (χ3v) is 13.2. The SMILES string of the molecule is C=CCS[C@@H](C(=O)NC(=O)[C@@H](N)Cc1ccccc1)N(C(CC1CCCCC1)C(O)CC(C(=O)NCCCC)C(C)C)S(=O)(=O)N1CCOCC1. The van der Waals surface area contributed by atoms with E-state index in [1.165, 1.54) is 4.31 Å². The zero-order chi connectivity index (χ0) is 37.4. The number of unbranched alkanes of at least 4 members (excludes halogenated alkanes) is 1. The first-order chi connectivity index (χ1) is 24.4. The van der Waals surface area contributed by atoms with Crippen LogP contribution in [0.15, 0.2) is 43.0 Å².